The van der Waals surface area contributed by atoms with Gasteiger partial charge >= 0.3 is 0 Å². The topological polar surface area (TPSA) is 81.3 Å². The zero-order chi connectivity index (χ0) is 12.3. The summed E-state index contributed by atoms with van der Waals surface area (Å²) in [6.45, 7) is 0. The number of nitrogen functional groups attached to an aromatic ring is 1. The van der Waals surface area contributed by atoms with Gasteiger partial charge in [-0.1, -0.05) is 12.1 Å². The van der Waals surface area contributed by atoms with E-state index in [1.165, 1.54) is 7.11 Å². The molecule has 0 bridgehead atoms. The molecule has 0 fully saturated rings. The first-order chi connectivity index (χ1) is 8.19. The molecule has 0 aliphatic carbocycles. The quantitative estimate of drug-likeness (QED) is 0.833. The van der Waals surface area contributed by atoms with Gasteiger partial charge in [0.25, 0.3) is 5.88 Å². The SMILES string of the molecule is COc1nnc(Cc2ccc(O)cc2)cc1N. The number of ether oxygens (including phenoxy) is 1. The second-order valence-corrected chi connectivity index (χ2v) is 3.64. The number of aromatic hydroxyl groups is 1. The largest absolute Gasteiger partial charge is 0.508 e. The first kappa shape index (κ1) is 11.2. The molecule has 1 aromatic carbocycles. The van der Waals surface area contributed by atoms with Gasteiger partial charge in [-0.3, -0.25) is 0 Å². The van der Waals surface area contributed by atoms with E-state index in [4.69, 9.17) is 10.5 Å². The van der Waals surface area contributed by atoms with Gasteiger partial charge in [0.05, 0.1) is 18.5 Å². The summed E-state index contributed by atoms with van der Waals surface area (Å²) < 4.78 is 4.93. The van der Waals surface area contributed by atoms with Crippen LogP contribution < -0.4 is 10.5 Å². The molecule has 0 aliphatic rings. The summed E-state index contributed by atoms with van der Waals surface area (Å²) in [5, 5.41) is 17.0. The van der Waals surface area contributed by atoms with Crippen LogP contribution in [-0.2, 0) is 6.42 Å². The molecule has 0 unspecified atom stereocenters. The second kappa shape index (κ2) is 4.69. The van der Waals surface area contributed by atoms with Crippen molar-refractivity contribution in [3.63, 3.8) is 0 Å². The van der Waals surface area contributed by atoms with Gasteiger partial charge in [0.15, 0.2) is 0 Å². The molecule has 17 heavy (non-hydrogen) atoms. The lowest BCUT2D eigenvalue weighted by atomic mass is 10.1. The van der Waals surface area contributed by atoms with Crippen molar-refractivity contribution >= 4 is 5.69 Å². The highest BCUT2D eigenvalue weighted by atomic mass is 16.5. The molecule has 0 atom stereocenters. The first-order valence-electron chi connectivity index (χ1n) is 5.13. The molecule has 0 saturated heterocycles. The Morgan fingerprint density at radius 3 is 2.53 bits per heavy atom. The van der Waals surface area contributed by atoms with Gasteiger partial charge in [0, 0.05) is 6.42 Å². The van der Waals surface area contributed by atoms with Crippen LogP contribution in [0.25, 0.3) is 0 Å². The number of nitrogens with zero attached hydrogens (tertiary/aromatic N) is 2. The minimum Gasteiger partial charge on any atom is -0.508 e. The van der Waals surface area contributed by atoms with Gasteiger partial charge in [-0.15, -0.1) is 5.10 Å². The fourth-order valence-corrected chi connectivity index (χ4v) is 1.51. The minimum absolute atomic E-state index is 0.245. The molecular weight excluding hydrogens is 218 g/mol. The minimum atomic E-state index is 0.245. The molecule has 1 aromatic heterocycles. The van der Waals surface area contributed by atoms with Gasteiger partial charge in [-0.25, -0.2) is 0 Å². The lowest BCUT2D eigenvalue weighted by molar-refractivity contribution is 0.393. The number of nitrogens with two attached hydrogens (primary N) is 1. The molecule has 0 radical (unpaired) electrons. The fraction of sp³-hybridized carbons (Fsp3) is 0.167. The lowest BCUT2D eigenvalue weighted by Gasteiger charge is -2.05. The van der Waals surface area contributed by atoms with E-state index in [1.807, 2.05) is 12.1 Å². The van der Waals surface area contributed by atoms with Gasteiger partial charge in [0.2, 0.25) is 0 Å². The third kappa shape index (κ3) is 2.63. The Bertz CT molecular complexity index is 512. The molecule has 88 valence electrons. The molecule has 0 amide bonds. The second-order valence-electron chi connectivity index (χ2n) is 3.64. The predicted octanol–water partition coefficient (Wildman–Crippen LogP) is 1.36. The zero-order valence-corrected chi connectivity index (χ0v) is 9.42. The van der Waals surface area contributed by atoms with Crippen LogP contribution in [0.15, 0.2) is 30.3 Å². The Balaban J connectivity index is 2.19. The Morgan fingerprint density at radius 2 is 1.94 bits per heavy atom. The number of phenols is 1. The van der Waals surface area contributed by atoms with Gasteiger partial charge in [-0.05, 0) is 23.8 Å². The number of methoxy groups -OCH3 is 1. The summed E-state index contributed by atoms with van der Waals surface area (Å²) in [6.07, 6.45) is 0.613. The van der Waals surface area contributed by atoms with Crippen molar-refractivity contribution in [1.82, 2.24) is 10.2 Å². The third-order valence-electron chi connectivity index (χ3n) is 2.35. The maximum atomic E-state index is 9.17. The molecule has 3 N–H and O–H groups in total. The van der Waals surface area contributed by atoms with Crippen LogP contribution in [0.5, 0.6) is 11.6 Å². The average molecular weight is 231 g/mol. The Hall–Kier alpha value is -2.30. The molecular formula is C12H13N3O2. The van der Waals surface area contributed by atoms with Crippen molar-refractivity contribution in [3.05, 3.63) is 41.6 Å². The number of anilines is 1. The summed E-state index contributed by atoms with van der Waals surface area (Å²) in [7, 11) is 1.50. The van der Waals surface area contributed by atoms with Crippen LogP contribution in [0.1, 0.15) is 11.3 Å². The highest BCUT2D eigenvalue weighted by Gasteiger charge is 2.05. The number of aromatic nitrogens is 2. The maximum absolute atomic E-state index is 9.17. The van der Waals surface area contributed by atoms with E-state index in [-0.39, 0.29) is 5.75 Å². The van der Waals surface area contributed by atoms with E-state index < -0.39 is 0 Å². The number of benzene rings is 1. The summed E-state index contributed by atoms with van der Waals surface area (Å²) in [4.78, 5) is 0. The highest BCUT2D eigenvalue weighted by molar-refractivity contribution is 5.48. The molecule has 0 aliphatic heterocycles. The number of rotatable bonds is 3. The Labute approximate surface area is 98.9 Å². The monoisotopic (exact) mass is 231 g/mol. The Morgan fingerprint density at radius 1 is 1.24 bits per heavy atom. The third-order valence-corrected chi connectivity index (χ3v) is 2.35. The molecule has 0 spiro atoms. The number of hydrogen-bond acceptors (Lipinski definition) is 5. The van der Waals surface area contributed by atoms with E-state index in [9.17, 15) is 5.11 Å². The summed E-state index contributed by atoms with van der Waals surface area (Å²) >= 11 is 0. The van der Waals surface area contributed by atoms with Crippen LogP contribution in [0.2, 0.25) is 0 Å². The van der Waals surface area contributed by atoms with Gasteiger partial charge in [0.1, 0.15) is 5.75 Å². The van der Waals surface area contributed by atoms with E-state index in [0.717, 1.165) is 11.3 Å². The van der Waals surface area contributed by atoms with Crippen molar-refractivity contribution < 1.29 is 9.84 Å². The molecule has 2 rings (SSSR count). The van der Waals surface area contributed by atoms with E-state index in [1.54, 1.807) is 18.2 Å². The standard InChI is InChI=1S/C12H13N3O2/c1-17-12-11(13)7-9(14-15-12)6-8-2-4-10(16)5-3-8/h2-5,7,16H,6H2,1H3,(H2,13,14). The van der Waals surface area contributed by atoms with Crippen molar-refractivity contribution in [2.45, 2.75) is 6.42 Å². The van der Waals surface area contributed by atoms with Crippen molar-refractivity contribution in [1.29, 1.82) is 0 Å². The Kier molecular flexibility index (Phi) is 3.09. The predicted molar refractivity (Wildman–Crippen MR) is 63.9 cm³/mol. The smallest absolute Gasteiger partial charge is 0.256 e. The van der Waals surface area contributed by atoms with Crippen molar-refractivity contribution in [2.24, 2.45) is 0 Å². The van der Waals surface area contributed by atoms with Crippen LogP contribution in [0.3, 0.4) is 0 Å². The van der Waals surface area contributed by atoms with Gasteiger partial charge < -0.3 is 15.6 Å². The van der Waals surface area contributed by atoms with E-state index in [2.05, 4.69) is 10.2 Å². The summed E-state index contributed by atoms with van der Waals surface area (Å²) in [5.41, 5.74) is 8.00. The summed E-state index contributed by atoms with van der Waals surface area (Å²) in [5.74, 6) is 0.577. The van der Waals surface area contributed by atoms with E-state index >= 15 is 0 Å². The summed E-state index contributed by atoms with van der Waals surface area (Å²) in [6, 6.07) is 8.67. The fourth-order valence-electron chi connectivity index (χ4n) is 1.51. The molecule has 1 heterocycles. The van der Waals surface area contributed by atoms with Gasteiger partial charge in [-0.2, -0.15) is 5.10 Å². The van der Waals surface area contributed by atoms with E-state index in [0.29, 0.717) is 18.0 Å². The molecule has 2 aromatic rings. The zero-order valence-electron chi connectivity index (χ0n) is 9.42. The number of hydrogen-bond donors (Lipinski definition) is 2. The average Bonchev–Trinajstić information content (AvgIpc) is 2.32. The van der Waals surface area contributed by atoms with Crippen LogP contribution in [-0.4, -0.2) is 22.4 Å². The van der Waals surface area contributed by atoms with Crippen molar-refractivity contribution in [3.8, 4) is 11.6 Å². The maximum Gasteiger partial charge on any atom is 0.256 e. The molecule has 5 heteroatoms. The molecule has 0 saturated carbocycles. The normalized spacial score (nSPS) is 10.2. The van der Waals surface area contributed by atoms with Crippen LogP contribution in [0, 0.1) is 0 Å². The highest BCUT2D eigenvalue weighted by Crippen LogP contribution is 2.18. The lowest BCUT2D eigenvalue weighted by Crippen LogP contribution is -2.01. The first-order valence-corrected chi connectivity index (χ1v) is 5.13. The van der Waals surface area contributed by atoms with Crippen molar-refractivity contribution in [2.75, 3.05) is 12.8 Å². The van der Waals surface area contributed by atoms with Crippen LogP contribution in [0.4, 0.5) is 5.69 Å². The van der Waals surface area contributed by atoms with Crippen LogP contribution >= 0.6 is 0 Å². The molecule has 5 nitrogen and oxygen atoms in total. The number of phenolic OH excluding ortho intramolecular Hbond substituents is 1.